The van der Waals surface area contributed by atoms with Crippen molar-refractivity contribution in [3.05, 3.63) is 53.1 Å². The summed E-state index contributed by atoms with van der Waals surface area (Å²) in [6, 6.07) is 14.3. The zero-order valence-corrected chi connectivity index (χ0v) is 10.2. The molecule has 2 aromatic carbocycles. The largest absolute Gasteiger partial charge is 0.388 e. The van der Waals surface area contributed by atoms with E-state index in [9.17, 15) is 0 Å². The van der Waals surface area contributed by atoms with Gasteiger partial charge in [-0.05, 0) is 41.8 Å². The summed E-state index contributed by atoms with van der Waals surface area (Å²) < 4.78 is 0. The fourth-order valence-corrected chi connectivity index (χ4v) is 1.93. The van der Waals surface area contributed by atoms with E-state index >= 15 is 0 Å². The minimum Gasteiger partial charge on any atom is -0.388 e. The molecule has 0 spiro atoms. The zero-order chi connectivity index (χ0) is 11.5. The van der Waals surface area contributed by atoms with Crippen LogP contribution in [0.15, 0.2) is 42.5 Å². The SMILES string of the molecule is CNc1cc(-c2cccc(Cl)c2)ccc1C. The summed E-state index contributed by atoms with van der Waals surface area (Å²) in [4.78, 5) is 0. The lowest BCUT2D eigenvalue weighted by Crippen LogP contribution is -1.91. The molecule has 0 bridgehead atoms. The second-order valence-electron chi connectivity index (χ2n) is 3.79. The van der Waals surface area contributed by atoms with Gasteiger partial charge in [0, 0.05) is 17.8 Å². The van der Waals surface area contributed by atoms with Crippen molar-refractivity contribution in [3.8, 4) is 11.1 Å². The maximum absolute atomic E-state index is 5.98. The van der Waals surface area contributed by atoms with Gasteiger partial charge in [0.2, 0.25) is 0 Å². The Morgan fingerprint density at radius 1 is 1.00 bits per heavy atom. The van der Waals surface area contributed by atoms with Gasteiger partial charge in [-0.1, -0.05) is 35.9 Å². The van der Waals surface area contributed by atoms with Gasteiger partial charge in [-0.2, -0.15) is 0 Å². The van der Waals surface area contributed by atoms with Crippen LogP contribution in [0, 0.1) is 6.92 Å². The van der Waals surface area contributed by atoms with Gasteiger partial charge in [0.15, 0.2) is 0 Å². The maximum atomic E-state index is 5.98. The molecular weight excluding hydrogens is 218 g/mol. The van der Waals surface area contributed by atoms with Crippen LogP contribution in [0.4, 0.5) is 5.69 Å². The molecule has 0 saturated heterocycles. The number of halogens is 1. The quantitative estimate of drug-likeness (QED) is 0.810. The highest BCUT2D eigenvalue weighted by molar-refractivity contribution is 6.30. The molecule has 2 rings (SSSR count). The fourth-order valence-electron chi connectivity index (χ4n) is 1.74. The van der Waals surface area contributed by atoms with E-state index in [1.54, 1.807) is 0 Å². The van der Waals surface area contributed by atoms with E-state index in [2.05, 4.69) is 36.5 Å². The Balaban J connectivity index is 2.48. The monoisotopic (exact) mass is 231 g/mol. The molecule has 1 nitrogen and oxygen atoms in total. The normalized spacial score (nSPS) is 10.2. The van der Waals surface area contributed by atoms with Crippen molar-refractivity contribution >= 4 is 17.3 Å². The molecular formula is C14H14ClN. The van der Waals surface area contributed by atoms with Crippen LogP contribution in [0.1, 0.15) is 5.56 Å². The number of nitrogens with one attached hydrogen (secondary N) is 1. The molecule has 0 aliphatic carbocycles. The Morgan fingerprint density at radius 3 is 2.44 bits per heavy atom. The highest BCUT2D eigenvalue weighted by Crippen LogP contribution is 2.26. The van der Waals surface area contributed by atoms with Crippen molar-refractivity contribution in [1.29, 1.82) is 0 Å². The van der Waals surface area contributed by atoms with E-state index in [0.717, 1.165) is 16.3 Å². The molecule has 1 N–H and O–H groups in total. The summed E-state index contributed by atoms with van der Waals surface area (Å²) in [7, 11) is 1.93. The lowest BCUT2D eigenvalue weighted by atomic mass is 10.0. The molecule has 0 aromatic heterocycles. The van der Waals surface area contributed by atoms with Crippen LogP contribution in [0.25, 0.3) is 11.1 Å². The molecule has 16 heavy (non-hydrogen) atoms. The van der Waals surface area contributed by atoms with Crippen LogP contribution in [-0.4, -0.2) is 7.05 Å². The molecule has 0 aliphatic rings. The first kappa shape index (κ1) is 11.0. The van der Waals surface area contributed by atoms with Gasteiger partial charge < -0.3 is 5.32 Å². The predicted molar refractivity (Wildman–Crippen MR) is 71.2 cm³/mol. The summed E-state index contributed by atoms with van der Waals surface area (Å²) in [5.74, 6) is 0. The molecule has 0 aliphatic heterocycles. The minimum atomic E-state index is 0.768. The molecule has 0 saturated carbocycles. The lowest BCUT2D eigenvalue weighted by molar-refractivity contribution is 1.40. The lowest BCUT2D eigenvalue weighted by Gasteiger charge is -2.08. The van der Waals surface area contributed by atoms with Crippen molar-refractivity contribution in [2.45, 2.75) is 6.92 Å². The van der Waals surface area contributed by atoms with Crippen LogP contribution in [0.2, 0.25) is 5.02 Å². The molecule has 0 fully saturated rings. The molecule has 82 valence electrons. The second-order valence-corrected chi connectivity index (χ2v) is 4.23. The van der Waals surface area contributed by atoms with Gasteiger partial charge >= 0.3 is 0 Å². The van der Waals surface area contributed by atoms with Crippen LogP contribution >= 0.6 is 11.6 Å². The number of hydrogen-bond acceptors (Lipinski definition) is 1. The smallest absolute Gasteiger partial charge is 0.0412 e. The Bertz CT molecular complexity index is 506. The van der Waals surface area contributed by atoms with Crippen LogP contribution < -0.4 is 5.32 Å². The van der Waals surface area contributed by atoms with Gasteiger partial charge in [0.05, 0.1) is 0 Å². The highest BCUT2D eigenvalue weighted by Gasteiger charge is 2.01. The topological polar surface area (TPSA) is 12.0 Å². The van der Waals surface area contributed by atoms with Crippen LogP contribution in [0.5, 0.6) is 0 Å². The molecule has 0 amide bonds. The van der Waals surface area contributed by atoms with E-state index in [0.29, 0.717) is 0 Å². The van der Waals surface area contributed by atoms with Crippen molar-refractivity contribution in [2.24, 2.45) is 0 Å². The third-order valence-corrected chi connectivity index (χ3v) is 2.90. The average Bonchev–Trinajstić information content (AvgIpc) is 2.29. The van der Waals surface area contributed by atoms with E-state index in [1.807, 2.05) is 25.2 Å². The standard InChI is InChI=1S/C14H14ClN/c1-10-6-7-12(9-14(10)16-2)11-4-3-5-13(15)8-11/h3-9,16H,1-2H3. The van der Waals surface area contributed by atoms with Gasteiger partial charge in [0.1, 0.15) is 0 Å². The molecule has 0 heterocycles. The van der Waals surface area contributed by atoms with E-state index in [1.165, 1.54) is 11.1 Å². The summed E-state index contributed by atoms with van der Waals surface area (Å²) in [6.45, 7) is 2.09. The summed E-state index contributed by atoms with van der Waals surface area (Å²) in [5, 5.41) is 3.95. The number of aryl methyl sites for hydroxylation is 1. The summed E-state index contributed by atoms with van der Waals surface area (Å²) in [6.07, 6.45) is 0. The van der Waals surface area contributed by atoms with Crippen LogP contribution in [0.3, 0.4) is 0 Å². The first-order chi connectivity index (χ1) is 7.70. The minimum absolute atomic E-state index is 0.768. The third-order valence-electron chi connectivity index (χ3n) is 2.66. The maximum Gasteiger partial charge on any atom is 0.0412 e. The Labute approximate surface area is 101 Å². The van der Waals surface area contributed by atoms with Crippen molar-refractivity contribution in [3.63, 3.8) is 0 Å². The average molecular weight is 232 g/mol. The Morgan fingerprint density at radius 2 is 1.75 bits per heavy atom. The second kappa shape index (κ2) is 4.58. The van der Waals surface area contributed by atoms with Gasteiger partial charge in [0.25, 0.3) is 0 Å². The van der Waals surface area contributed by atoms with Crippen molar-refractivity contribution in [2.75, 3.05) is 12.4 Å². The third kappa shape index (κ3) is 2.20. The van der Waals surface area contributed by atoms with Gasteiger partial charge in [-0.15, -0.1) is 0 Å². The Hall–Kier alpha value is -1.47. The van der Waals surface area contributed by atoms with Gasteiger partial charge in [-0.25, -0.2) is 0 Å². The molecule has 0 atom stereocenters. The Kier molecular flexibility index (Phi) is 3.16. The first-order valence-electron chi connectivity index (χ1n) is 5.25. The number of rotatable bonds is 2. The molecule has 2 heteroatoms. The summed E-state index contributed by atoms with van der Waals surface area (Å²) in [5.41, 5.74) is 4.72. The predicted octanol–water partition coefficient (Wildman–Crippen LogP) is 4.36. The van der Waals surface area contributed by atoms with E-state index < -0.39 is 0 Å². The summed E-state index contributed by atoms with van der Waals surface area (Å²) >= 11 is 5.98. The van der Waals surface area contributed by atoms with Crippen molar-refractivity contribution in [1.82, 2.24) is 0 Å². The molecule has 0 radical (unpaired) electrons. The zero-order valence-electron chi connectivity index (χ0n) is 9.42. The highest BCUT2D eigenvalue weighted by atomic mass is 35.5. The van der Waals surface area contributed by atoms with Crippen LogP contribution in [-0.2, 0) is 0 Å². The molecule has 2 aromatic rings. The van der Waals surface area contributed by atoms with E-state index in [4.69, 9.17) is 11.6 Å². The number of benzene rings is 2. The first-order valence-corrected chi connectivity index (χ1v) is 5.63. The van der Waals surface area contributed by atoms with Gasteiger partial charge in [-0.3, -0.25) is 0 Å². The fraction of sp³-hybridized carbons (Fsp3) is 0.143. The van der Waals surface area contributed by atoms with E-state index in [-0.39, 0.29) is 0 Å². The van der Waals surface area contributed by atoms with Crippen molar-refractivity contribution < 1.29 is 0 Å². The number of hydrogen-bond donors (Lipinski definition) is 1. The number of anilines is 1. The molecule has 0 unspecified atom stereocenters.